The van der Waals surface area contributed by atoms with Gasteiger partial charge < -0.3 is 15.2 Å². The first kappa shape index (κ1) is 28.1. The zero-order chi connectivity index (χ0) is 30.1. The summed E-state index contributed by atoms with van der Waals surface area (Å²) in [6.45, 7) is 6.26. The molecule has 1 aromatic heterocycles. The summed E-state index contributed by atoms with van der Waals surface area (Å²) in [5.41, 5.74) is 0.137. The number of benzene rings is 2. The molecular weight excluding hydrogens is 563 g/mol. The summed E-state index contributed by atoms with van der Waals surface area (Å²) < 4.78 is 21.5. The Morgan fingerprint density at radius 2 is 2.00 bits per heavy atom. The van der Waals surface area contributed by atoms with E-state index < -0.39 is 35.2 Å². The van der Waals surface area contributed by atoms with Gasteiger partial charge in [-0.2, -0.15) is 0 Å². The molecule has 0 radical (unpaired) electrons. The van der Waals surface area contributed by atoms with Crippen molar-refractivity contribution in [2.75, 3.05) is 24.0 Å². The molecule has 4 heterocycles. The van der Waals surface area contributed by atoms with Crippen LogP contribution in [0, 0.1) is 11.2 Å². The van der Waals surface area contributed by atoms with Crippen molar-refractivity contribution >= 4 is 40.8 Å². The van der Waals surface area contributed by atoms with Crippen LogP contribution in [0.15, 0.2) is 54.9 Å². The first-order chi connectivity index (χ1) is 19.9. The van der Waals surface area contributed by atoms with Gasteiger partial charge in [0.2, 0.25) is 11.8 Å². The van der Waals surface area contributed by atoms with Crippen LogP contribution in [-0.4, -0.2) is 58.6 Å². The summed E-state index contributed by atoms with van der Waals surface area (Å²) in [5, 5.41) is 12.4. The number of halogens is 2. The van der Waals surface area contributed by atoms with Crippen LogP contribution in [0.4, 0.5) is 15.8 Å². The van der Waals surface area contributed by atoms with Crippen LogP contribution in [0.3, 0.4) is 0 Å². The molecule has 0 aliphatic carbocycles. The third-order valence-corrected chi connectivity index (χ3v) is 8.94. The van der Waals surface area contributed by atoms with E-state index in [-0.39, 0.29) is 45.8 Å². The van der Waals surface area contributed by atoms with Gasteiger partial charge in [-0.1, -0.05) is 44.5 Å². The molecule has 3 aliphatic heterocycles. The molecule has 6 rings (SSSR count). The quantitative estimate of drug-likeness (QED) is 0.426. The maximum absolute atomic E-state index is 16.0. The molecule has 3 aromatic rings. The molecule has 0 saturated carbocycles. The average Bonchev–Trinajstić information content (AvgIpc) is 3.52. The van der Waals surface area contributed by atoms with Crippen LogP contribution >= 0.6 is 11.6 Å². The van der Waals surface area contributed by atoms with Crippen molar-refractivity contribution in [3.05, 3.63) is 82.4 Å². The number of hydrogen-bond acceptors (Lipinski definition) is 6. The molecule has 9 nitrogen and oxygen atoms in total. The molecule has 2 N–H and O–H groups in total. The van der Waals surface area contributed by atoms with Gasteiger partial charge in [0.25, 0.3) is 0 Å². The molecule has 2 aromatic carbocycles. The fourth-order valence-electron chi connectivity index (χ4n) is 7.05. The summed E-state index contributed by atoms with van der Waals surface area (Å²) in [7, 11) is 1.40. The number of hydrogen-bond donors (Lipinski definition) is 2. The van der Waals surface area contributed by atoms with Crippen LogP contribution < -0.4 is 15.0 Å². The lowest BCUT2D eigenvalue weighted by molar-refractivity contribution is -0.122. The van der Waals surface area contributed by atoms with Gasteiger partial charge in [-0.3, -0.25) is 24.4 Å². The van der Waals surface area contributed by atoms with E-state index in [0.29, 0.717) is 23.4 Å². The summed E-state index contributed by atoms with van der Waals surface area (Å²) in [6, 6.07) is 9.20. The Kier molecular flexibility index (Phi) is 6.54. The van der Waals surface area contributed by atoms with Crippen LogP contribution in [0.1, 0.15) is 54.6 Å². The number of carbonyl (C=O) groups excluding carboxylic acids is 2. The minimum atomic E-state index is -1.34. The maximum Gasteiger partial charge on any atom is 0.335 e. The standard InChI is InChI=1S/C31H30ClFN4O5/c1-30(2,3)13-23-31(18-14-34-11-10-20(18)35-29(31)41)24(17-6-5-7-19(32)25(17)33)26-27(38)36(15-37(23)26)21-9-8-16(28(39)40)12-22(21)42-4/h5-12,14,23-24,26H,13,15H2,1-4H3,(H,35,41)(H,39,40)/t23-,24-,26+,31+/m0/s1. The van der Waals surface area contributed by atoms with Crippen LogP contribution in [0.2, 0.25) is 5.02 Å². The number of fused-ring (bicyclic) bond motifs is 3. The fraction of sp³-hybridized carbons (Fsp3) is 0.355. The molecule has 218 valence electrons. The summed E-state index contributed by atoms with van der Waals surface area (Å²) in [6.07, 6.45) is 3.72. The van der Waals surface area contributed by atoms with Crippen LogP contribution in [0.5, 0.6) is 5.75 Å². The van der Waals surface area contributed by atoms with E-state index in [4.69, 9.17) is 16.3 Å². The molecule has 4 atom stereocenters. The number of nitrogens with zero attached hydrogens (tertiary/aromatic N) is 3. The average molecular weight is 593 g/mol. The third-order valence-electron chi connectivity index (χ3n) is 8.64. The monoisotopic (exact) mass is 592 g/mol. The van der Waals surface area contributed by atoms with Gasteiger partial charge in [-0.05, 0) is 47.7 Å². The second kappa shape index (κ2) is 9.78. The number of aromatic carboxylic acids is 1. The van der Waals surface area contributed by atoms with Gasteiger partial charge in [-0.25, -0.2) is 9.18 Å². The number of amides is 2. The molecule has 0 unspecified atom stereocenters. The predicted octanol–water partition coefficient (Wildman–Crippen LogP) is 5.05. The maximum atomic E-state index is 16.0. The SMILES string of the molecule is COc1cc(C(=O)O)ccc1N1CN2[C@@H](CC(C)(C)C)[C@@]3(C(=O)Nc4ccncc43)[C@@H](c3cccc(Cl)c3F)[C@@H]2C1=O. The van der Waals surface area contributed by atoms with E-state index in [9.17, 15) is 19.5 Å². The predicted molar refractivity (Wildman–Crippen MR) is 154 cm³/mol. The van der Waals surface area contributed by atoms with E-state index in [2.05, 4.69) is 31.1 Å². The highest BCUT2D eigenvalue weighted by Gasteiger charge is 2.71. The van der Waals surface area contributed by atoms with E-state index in [0.717, 1.165) is 0 Å². The van der Waals surface area contributed by atoms with Gasteiger partial charge in [-0.15, -0.1) is 0 Å². The number of methoxy groups -OCH3 is 1. The number of aromatic nitrogens is 1. The Morgan fingerprint density at radius 1 is 1.24 bits per heavy atom. The summed E-state index contributed by atoms with van der Waals surface area (Å²) in [5.74, 6) is -3.22. The fourth-order valence-corrected chi connectivity index (χ4v) is 7.23. The van der Waals surface area contributed by atoms with Gasteiger partial charge in [0, 0.05) is 35.6 Å². The van der Waals surface area contributed by atoms with E-state index in [1.807, 2.05) is 4.90 Å². The Bertz CT molecular complexity index is 1640. The van der Waals surface area contributed by atoms with Crippen molar-refractivity contribution in [2.24, 2.45) is 5.41 Å². The van der Waals surface area contributed by atoms with Crippen molar-refractivity contribution in [1.29, 1.82) is 0 Å². The Balaban J connectivity index is 1.59. The first-order valence-corrected chi connectivity index (χ1v) is 14.0. The minimum absolute atomic E-state index is 0.0120. The van der Waals surface area contributed by atoms with Crippen molar-refractivity contribution in [3.63, 3.8) is 0 Å². The minimum Gasteiger partial charge on any atom is -0.495 e. The number of rotatable bonds is 5. The molecule has 2 fully saturated rings. The molecule has 2 saturated heterocycles. The van der Waals surface area contributed by atoms with E-state index in [1.54, 1.807) is 30.6 Å². The van der Waals surface area contributed by atoms with E-state index >= 15 is 4.39 Å². The molecule has 3 aliphatic rings. The smallest absolute Gasteiger partial charge is 0.335 e. The lowest BCUT2D eigenvalue weighted by Gasteiger charge is -2.40. The molecular formula is C31H30ClFN4O5. The molecule has 2 amide bonds. The van der Waals surface area contributed by atoms with Crippen molar-refractivity contribution in [3.8, 4) is 5.75 Å². The number of ether oxygens (including phenoxy) is 1. The summed E-state index contributed by atoms with van der Waals surface area (Å²) in [4.78, 5) is 48.3. The highest BCUT2D eigenvalue weighted by atomic mass is 35.5. The molecule has 11 heteroatoms. The number of carboxylic acids is 1. The first-order valence-electron chi connectivity index (χ1n) is 13.6. The Labute approximate surface area is 247 Å². The van der Waals surface area contributed by atoms with Gasteiger partial charge in [0.15, 0.2) is 0 Å². The second-order valence-corrected chi connectivity index (χ2v) is 12.6. The summed E-state index contributed by atoms with van der Waals surface area (Å²) >= 11 is 6.29. The van der Waals surface area contributed by atoms with Crippen LogP contribution in [-0.2, 0) is 15.0 Å². The van der Waals surface area contributed by atoms with Crippen LogP contribution in [0.25, 0.3) is 0 Å². The Hall–Kier alpha value is -4.02. The van der Waals surface area contributed by atoms with Crippen molar-refractivity contribution in [1.82, 2.24) is 9.88 Å². The number of carboxylic acid groups (broad SMARTS) is 1. The van der Waals surface area contributed by atoms with Crippen molar-refractivity contribution in [2.45, 2.75) is 50.6 Å². The largest absolute Gasteiger partial charge is 0.495 e. The zero-order valence-corrected chi connectivity index (χ0v) is 24.3. The Morgan fingerprint density at radius 3 is 2.69 bits per heavy atom. The van der Waals surface area contributed by atoms with Gasteiger partial charge >= 0.3 is 5.97 Å². The third kappa shape index (κ3) is 3.99. The number of carbonyl (C=O) groups is 3. The highest BCUT2D eigenvalue weighted by molar-refractivity contribution is 6.30. The van der Waals surface area contributed by atoms with E-state index in [1.165, 1.54) is 36.3 Å². The molecule has 42 heavy (non-hydrogen) atoms. The zero-order valence-electron chi connectivity index (χ0n) is 23.5. The van der Waals surface area contributed by atoms with Gasteiger partial charge in [0.05, 0.1) is 36.1 Å². The van der Waals surface area contributed by atoms with Crippen molar-refractivity contribution < 1.29 is 28.6 Å². The highest BCUT2D eigenvalue weighted by Crippen LogP contribution is 2.61. The normalized spacial score (nSPS) is 25.1. The number of pyridine rings is 1. The lowest BCUT2D eigenvalue weighted by Crippen LogP contribution is -2.52. The number of nitrogens with one attached hydrogen (secondary N) is 1. The van der Waals surface area contributed by atoms with Gasteiger partial charge in [0.1, 0.15) is 17.0 Å². The lowest BCUT2D eigenvalue weighted by atomic mass is 9.62. The second-order valence-electron chi connectivity index (χ2n) is 12.2. The molecule has 0 bridgehead atoms. The molecule has 1 spiro atoms. The number of anilines is 2. The topological polar surface area (TPSA) is 112 Å².